The average molecular weight is 172 g/mol. The van der Waals surface area contributed by atoms with E-state index in [1.807, 2.05) is 6.92 Å². The van der Waals surface area contributed by atoms with Crippen molar-refractivity contribution in [3.05, 3.63) is 0 Å². The maximum absolute atomic E-state index is 9.71. The van der Waals surface area contributed by atoms with Crippen LogP contribution in [-0.2, 0) is 0 Å². The van der Waals surface area contributed by atoms with Gasteiger partial charge in [0.25, 0.3) is 0 Å². The lowest BCUT2D eigenvalue weighted by molar-refractivity contribution is -0.0683. The molecule has 0 radical (unpaired) electrons. The summed E-state index contributed by atoms with van der Waals surface area (Å²) in [7, 11) is 0. The highest BCUT2D eigenvalue weighted by Gasteiger charge is 2.36. The number of hydrogen-bond donors (Lipinski definition) is 2. The highest BCUT2D eigenvalue weighted by atomic mass is 16.3. The lowest BCUT2D eigenvalue weighted by atomic mass is 9.73. The molecule has 3 unspecified atom stereocenters. The zero-order chi connectivity index (χ0) is 9.35. The van der Waals surface area contributed by atoms with Crippen LogP contribution in [0.5, 0.6) is 0 Å². The number of aliphatic hydroxyl groups excluding tert-OH is 1. The molecule has 1 saturated carbocycles. The Labute approximate surface area is 74.6 Å². The lowest BCUT2D eigenvalue weighted by Gasteiger charge is -2.38. The third-order valence-electron chi connectivity index (χ3n) is 3.02. The van der Waals surface area contributed by atoms with E-state index in [9.17, 15) is 10.2 Å². The van der Waals surface area contributed by atoms with Gasteiger partial charge in [0.1, 0.15) is 0 Å². The molecule has 0 aromatic heterocycles. The lowest BCUT2D eigenvalue weighted by Crippen LogP contribution is -2.41. The fourth-order valence-electron chi connectivity index (χ4n) is 2.15. The van der Waals surface area contributed by atoms with Gasteiger partial charge in [-0.05, 0) is 31.6 Å². The van der Waals surface area contributed by atoms with Gasteiger partial charge < -0.3 is 10.2 Å². The van der Waals surface area contributed by atoms with E-state index >= 15 is 0 Å². The van der Waals surface area contributed by atoms with E-state index in [1.165, 1.54) is 0 Å². The van der Waals surface area contributed by atoms with E-state index in [4.69, 9.17) is 0 Å². The monoisotopic (exact) mass is 172 g/mol. The van der Waals surface area contributed by atoms with Crippen molar-refractivity contribution in [1.29, 1.82) is 0 Å². The normalized spacial score (nSPS) is 43.5. The molecule has 72 valence electrons. The maximum Gasteiger partial charge on any atom is 0.0644 e. The molecule has 1 rings (SSSR count). The Hall–Kier alpha value is -0.0800. The van der Waals surface area contributed by atoms with E-state index < -0.39 is 5.60 Å². The predicted molar refractivity (Wildman–Crippen MR) is 48.8 cm³/mol. The van der Waals surface area contributed by atoms with E-state index in [1.54, 1.807) is 0 Å². The van der Waals surface area contributed by atoms with Gasteiger partial charge in [-0.3, -0.25) is 0 Å². The highest BCUT2D eigenvalue weighted by Crippen LogP contribution is 2.35. The molecule has 0 aromatic carbocycles. The zero-order valence-corrected chi connectivity index (χ0v) is 8.25. The number of hydrogen-bond acceptors (Lipinski definition) is 2. The van der Waals surface area contributed by atoms with Crippen LogP contribution < -0.4 is 0 Å². The van der Waals surface area contributed by atoms with Gasteiger partial charge in [-0.1, -0.05) is 13.8 Å². The minimum atomic E-state index is -0.634. The Morgan fingerprint density at radius 3 is 2.42 bits per heavy atom. The fourth-order valence-corrected chi connectivity index (χ4v) is 2.15. The van der Waals surface area contributed by atoms with Crippen molar-refractivity contribution in [2.75, 3.05) is 0 Å². The van der Waals surface area contributed by atoms with Crippen molar-refractivity contribution >= 4 is 0 Å². The van der Waals surface area contributed by atoms with Gasteiger partial charge in [-0.15, -0.1) is 0 Å². The molecule has 0 bridgehead atoms. The molecule has 3 atom stereocenters. The number of rotatable bonds is 1. The number of aliphatic hydroxyl groups is 2. The molecule has 0 spiro atoms. The van der Waals surface area contributed by atoms with Crippen LogP contribution in [0.1, 0.15) is 40.0 Å². The summed E-state index contributed by atoms with van der Waals surface area (Å²) in [5.41, 5.74) is -0.634. The minimum Gasteiger partial charge on any atom is -0.393 e. The fraction of sp³-hybridized carbons (Fsp3) is 1.00. The second-order valence-corrected chi connectivity index (χ2v) is 4.71. The maximum atomic E-state index is 9.71. The first-order valence-corrected chi connectivity index (χ1v) is 4.83. The second-order valence-electron chi connectivity index (χ2n) is 4.71. The van der Waals surface area contributed by atoms with Crippen molar-refractivity contribution < 1.29 is 10.2 Å². The van der Waals surface area contributed by atoms with Crippen LogP contribution in [0.15, 0.2) is 0 Å². The molecule has 2 heteroatoms. The molecule has 0 aromatic rings. The topological polar surface area (TPSA) is 40.5 Å². The van der Waals surface area contributed by atoms with Gasteiger partial charge in [0.15, 0.2) is 0 Å². The molecule has 1 aliphatic rings. The standard InChI is InChI=1S/C10H20O2/c1-7(2)8-4-5-10(3,12)6-9(8)11/h7-9,11-12H,4-6H2,1-3H3. The first-order valence-electron chi connectivity index (χ1n) is 4.83. The van der Waals surface area contributed by atoms with Gasteiger partial charge in [0.2, 0.25) is 0 Å². The highest BCUT2D eigenvalue weighted by molar-refractivity contribution is 4.88. The molecule has 0 amide bonds. The van der Waals surface area contributed by atoms with Crippen LogP contribution in [0.2, 0.25) is 0 Å². The zero-order valence-electron chi connectivity index (χ0n) is 8.25. The summed E-state index contributed by atoms with van der Waals surface area (Å²) >= 11 is 0. The Bertz CT molecular complexity index is 152. The molecule has 1 aliphatic carbocycles. The summed E-state index contributed by atoms with van der Waals surface area (Å²) in [6.07, 6.45) is 2.00. The van der Waals surface area contributed by atoms with Crippen molar-refractivity contribution in [3.63, 3.8) is 0 Å². The van der Waals surface area contributed by atoms with E-state index in [0.717, 1.165) is 12.8 Å². The first-order chi connectivity index (χ1) is 5.42. The second kappa shape index (κ2) is 3.35. The smallest absolute Gasteiger partial charge is 0.0644 e. The van der Waals surface area contributed by atoms with E-state index in [0.29, 0.717) is 18.3 Å². The molecule has 2 nitrogen and oxygen atoms in total. The van der Waals surface area contributed by atoms with Crippen LogP contribution in [0.3, 0.4) is 0 Å². The Kier molecular flexibility index (Phi) is 2.79. The van der Waals surface area contributed by atoms with Gasteiger partial charge >= 0.3 is 0 Å². The minimum absolute atomic E-state index is 0.311. The van der Waals surface area contributed by atoms with E-state index in [2.05, 4.69) is 13.8 Å². The van der Waals surface area contributed by atoms with Crippen LogP contribution in [0.4, 0.5) is 0 Å². The third-order valence-corrected chi connectivity index (χ3v) is 3.02. The quantitative estimate of drug-likeness (QED) is 0.630. The molecular weight excluding hydrogens is 152 g/mol. The average Bonchev–Trinajstić information content (AvgIpc) is 1.83. The van der Waals surface area contributed by atoms with Gasteiger partial charge in [0.05, 0.1) is 11.7 Å². The predicted octanol–water partition coefficient (Wildman–Crippen LogP) is 1.55. The van der Waals surface area contributed by atoms with Crippen LogP contribution in [-0.4, -0.2) is 21.9 Å². The third kappa shape index (κ3) is 2.20. The molecular formula is C10H20O2. The SMILES string of the molecule is CC(C)C1CCC(C)(O)CC1O. The summed E-state index contributed by atoms with van der Waals surface area (Å²) < 4.78 is 0. The van der Waals surface area contributed by atoms with Gasteiger partial charge in [0, 0.05) is 6.42 Å². The Morgan fingerprint density at radius 2 is 2.00 bits per heavy atom. The molecule has 0 heterocycles. The largest absolute Gasteiger partial charge is 0.393 e. The molecule has 12 heavy (non-hydrogen) atoms. The van der Waals surface area contributed by atoms with Gasteiger partial charge in [-0.2, -0.15) is 0 Å². The first kappa shape index (κ1) is 10.0. The van der Waals surface area contributed by atoms with Crippen LogP contribution in [0, 0.1) is 11.8 Å². The molecule has 0 aliphatic heterocycles. The summed E-state index contributed by atoms with van der Waals surface area (Å²) in [5.74, 6) is 0.904. The van der Waals surface area contributed by atoms with E-state index in [-0.39, 0.29) is 6.10 Å². The summed E-state index contributed by atoms with van der Waals surface area (Å²) in [6.45, 7) is 6.08. The molecule has 2 N–H and O–H groups in total. The van der Waals surface area contributed by atoms with Gasteiger partial charge in [-0.25, -0.2) is 0 Å². The van der Waals surface area contributed by atoms with Crippen molar-refractivity contribution in [1.82, 2.24) is 0 Å². The summed E-state index contributed by atoms with van der Waals surface area (Å²) in [6, 6.07) is 0. The summed E-state index contributed by atoms with van der Waals surface area (Å²) in [5, 5.41) is 19.4. The van der Waals surface area contributed by atoms with Crippen molar-refractivity contribution in [3.8, 4) is 0 Å². The summed E-state index contributed by atoms with van der Waals surface area (Å²) in [4.78, 5) is 0. The molecule has 0 saturated heterocycles. The Balaban J connectivity index is 2.54. The van der Waals surface area contributed by atoms with Crippen LogP contribution in [0.25, 0.3) is 0 Å². The Morgan fingerprint density at radius 1 is 1.42 bits per heavy atom. The van der Waals surface area contributed by atoms with Crippen molar-refractivity contribution in [2.45, 2.75) is 51.7 Å². The van der Waals surface area contributed by atoms with Crippen molar-refractivity contribution in [2.24, 2.45) is 11.8 Å². The van der Waals surface area contributed by atoms with Crippen LogP contribution >= 0.6 is 0 Å². The molecule has 1 fully saturated rings.